The van der Waals surface area contributed by atoms with E-state index in [1.807, 2.05) is 11.5 Å². The Kier molecular flexibility index (Phi) is 3.16. The lowest BCUT2D eigenvalue weighted by molar-refractivity contribution is -0.137. The zero-order valence-electron chi connectivity index (χ0n) is 6.32. The Balaban J connectivity index is 2.24. The van der Waals surface area contributed by atoms with Crippen molar-refractivity contribution in [3.8, 4) is 0 Å². The number of aliphatic carboxylic acids is 1. The summed E-state index contributed by atoms with van der Waals surface area (Å²) in [6.45, 7) is -0.296. The molecule has 1 aliphatic heterocycles. The van der Waals surface area contributed by atoms with E-state index in [1.54, 1.807) is 0 Å². The van der Waals surface area contributed by atoms with Crippen LogP contribution >= 0.6 is 11.8 Å². The van der Waals surface area contributed by atoms with Gasteiger partial charge in [-0.25, -0.2) is 0 Å². The predicted molar refractivity (Wildman–Crippen MR) is 45.8 cm³/mol. The van der Waals surface area contributed by atoms with Crippen LogP contribution < -0.4 is 5.32 Å². The van der Waals surface area contributed by atoms with Crippen molar-refractivity contribution < 1.29 is 14.7 Å². The summed E-state index contributed by atoms with van der Waals surface area (Å²) in [6.07, 6.45) is 2.59. The molecule has 0 fully saturated rings. The van der Waals surface area contributed by atoms with Crippen molar-refractivity contribution >= 4 is 23.6 Å². The molecule has 1 amide bonds. The highest BCUT2D eigenvalue weighted by Gasteiger charge is 2.19. The van der Waals surface area contributed by atoms with Crippen LogP contribution in [-0.4, -0.2) is 28.8 Å². The number of thioether (sulfide) groups is 1. The van der Waals surface area contributed by atoms with Crippen molar-refractivity contribution in [2.45, 2.75) is 11.7 Å². The number of carboxylic acid groups (broad SMARTS) is 1. The molecule has 1 atom stereocenters. The lowest BCUT2D eigenvalue weighted by atomic mass is 10.3. The van der Waals surface area contributed by atoms with Gasteiger partial charge in [-0.2, -0.15) is 0 Å². The largest absolute Gasteiger partial charge is 0.480 e. The number of nitrogens with one attached hydrogen (secondary N) is 1. The standard InChI is InChI=1S/C7H9NO3S/c9-6(10)4-8-7(11)5-2-1-3-12-5/h1,3,5H,2,4H2,(H,8,11)(H,9,10). The Labute approximate surface area is 74.0 Å². The highest BCUT2D eigenvalue weighted by Crippen LogP contribution is 2.23. The molecule has 0 saturated carbocycles. The predicted octanol–water partition coefficient (Wildman–Crippen LogP) is 0.206. The third-order valence-corrected chi connectivity index (χ3v) is 2.48. The Bertz CT molecular complexity index is 219. The van der Waals surface area contributed by atoms with Crippen molar-refractivity contribution in [2.24, 2.45) is 0 Å². The van der Waals surface area contributed by atoms with Gasteiger partial charge in [0.1, 0.15) is 6.54 Å². The van der Waals surface area contributed by atoms with Crippen molar-refractivity contribution in [3.05, 3.63) is 11.5 Å². The van der Waals surface area contributed by atoms with Gasteiger partial charge in [0.2, 0.25) is 5.91 Å². The smallest absolute Gasteiger partial charge is 0.322 e. The van der Waals surface area contributed by atoms with Gasteiger partial charge in [-0.3, -0.25) is 9.59 Å². The van der Waals surface area contributed by atoms with Gasteiger partial charge < -0.3 is 10.4 Å². The number of hydrogen-bond donors (Lipinski definition) is 2. The zero-order valence-corrected chi connectivity index (χ0v) is 7.13. The van der Waals surface area contributed by atoms with Crippen LogP contribution in [0.3, 0.4) is 0 Å². The van der Waals surface area contributed by atoms with Crippen LogP contribution in [-0.2, 0) is 9.59 Å². The molecule has 0 aromatic rings. The second-order valence-corrected chi connectivity index (χ2v) is 3.46. The summed E-state index contributed by atoms with van der Waals surface area (Å²) in [5.74, 6) is -1.22. The van der Waals surface area contributed by atoms with Crippen LogP contribution in [0.4, 0.5) is 0 Å². The molecule has 0 aromatic carbocycles. The van der Waals surface area contributed by atoms with Gasteiger partial charge in [0.15, 0.2) is 0 Å². The van der Waals surface area contributed by atoms with E-state index in [0.29, 0.717) is 6.42 Å². The average molecular weight is 187 g/mol. The Morgan fingerprint density at radius 2 is 2.42 bits per heavy atom. The number of carbonyl (C=O) groups is 2. The normalized spacial score (nSPS) is 20.8. The monoisotopic (exact) mass is 187 g/mol. The molecule has 0 aliphatic carbocycles. The van der Waals surface area contributed by atoms with Gasteiger partial charge in [-0.15, -0.1) is 11.8 Å². The number of allylic oxidation sites excluding steroid dienone is 1. The third-order valence-electron chi connectivity index (χ3n) is 1.40. The van der Waals surface area contributed by atoms with Gasteiger partial charge in [-0.1, -0.05) is 6.08 Å². The fraction of sp³-hybridized carbons (Fsp3) is 0.429. The molecular formula is C7H9NO3S. The molecule has 1 aliphatic rings. The molecule has 0 radical (unpaired) electrons. The summed E-state index contributed by atoms with van der Waals surface area (Å²) in [5.41, 5.74) is 0. The van der Waals surface area contributed by atoms with Crippen LogP contribution in [0, 0.1) is 0 Å². The van der Waals surface area contributed by atoms with Crippen molar-refractivity contribution in [2.75, 3.05) is 6.54 Å². The van der Waals surface area contributed by atoms with Crippen LogP contribution in [0.25, 0.3) is 0 Å². The van der Waals surface area contributed by atoms with Gasteiger partial charge in [0.25, 0.3) is 0 Å². The summed E-state index contributed by atoms with van der Waals surface area (Å²) >= 11 is 1.42. The Morgan fingerprint density at radius 3 is 2.92 bits per heavy atom. The molecule has 5 heteroatoms. The maximum atomic E-state index is 11.1. The van der Waals surface area contributed by atoms with E-state index < -0.39 is 5.97 Å². The van der Waals surface area contributed by atoms with Crippen molar-refractivity contribution in [1.29, 1.82) is 0 Å². The highest BCUT2D eigenvalue weighted by molar-refractivity contribution is 8.03. The maximum Gasteiger partial charge on any atom is 0.322 e. The summed E-state index contributed by atoms with van der Waals surface area (Å²) in [7, 11) is 0. The first-order valence-electron chi connectivity index (χ1n) is 3.50. The van der Waals surface area contributed by atoms with E-state index in [4.69, 9.17) is 5.11 Å². The first-order chi connectivity index (χ1) is 5.70. The highest BCUT2D eigenvalue weighted by atomic mass is 32.2. The minimum absolute atomic E-state index is 0.135. The minimum Gasteiger partial charge on any atom is -0.480 e. The van der Waals surface area contributed by atoms with E-state index >= 15 is 0 Å². The summed E-state index contributed by atoms with van der Waals surface area (Å²) in [6, 6.07) is 0. The Morgan fingerprint density at radius 1 is 1.67 bits per heavy atom. The second kappa shape index (κ2) is 4.15. The van der Waals surface area contributed by atoms with E-state index in [2.05, 4.69) is 5.32 Å². The molecule has 1 heterocycles. The maximum absolute atomic E-state index is 11.1. The first-order valence-corrected chi connectivity index (χ1v) is 4.44. The summed E-state index contributed by atoms with van der Waals surface area (Å²) in [4.78, 5) is 21.2. The quantitative estimate of drug-likeness (QED) is 0.662. The van der Waals surface area contributed by atoms with Gasteiger partial charge >= 0.3 is 5.97 Å². The fourth-order valence-electron chi connectivity index (χ4n) is 0.831. The Hall–Kier alpha value is -0.970. The van der Waals surface area contributed by atoms with Crippen LogP contribution in [0.5, 0.6) is 0 Å². The fourth-order valence-corrected chi connectivity index (χ4v) is 1.67. The molecule has 1 rings (SSSR count). The van der Waals surface area contributed by atoms with Crippen LogP contribution in [0.1, 0.15) is 6.42 Å². The van der Waals surface area contributed by atoms with Crippen LogP contribution in [0.2, 0.25) is 0 Å². The van der Waals surface area contributed by atoms with E-state index in [-0.39, 0.29) is 17.7 Å². The third kappa shape index (κ3) is 2.58. The van der Waals surface area contributed by atoms with Crippen molar-refractivity contribution in [3.63, 3.8) is 0 Å². The topological polar surface area (TPSA) is 66.4 Å². The van der Waals surface area contributed by atoms with E-state index in [0.717, 1.165) is 0 Å². The molecule has 0 spiro atoms. The minimum atomic E-state index is -1.01. The molecule has 1 unspecified atom stereocenters. The molecule has 2 N–H and O–H groups in total. The number of carbonyl (C=O) groups excluding carboxylic acids is 1. The molecule has 66 valence electrons. The lowest BCUT2D eigenvalue weighted by Gasteiger charge is -2.06. The molecule has 0 aromatic heterocycles. The SMILES string of the molecule is O=C(O)CNC(=O)C1CC=CS1. The lowest BCUT2D eigenvalue weighted by Crippen LogP contribution is -2.35. The van der Waals surface area contributed by atoms with Gasteiger partial charge in [-0.05, 0) is 11.8 Å². The summed E-state index contributed by atoms with van der Waals surface area (Å²) in [5, 5.41) is 12.3. The van der Waals surface area contributed by atoms with E-state index in [1.165, 1.54) is 11.8 Å². The molecule has 0 saturated heterocycles. The van der Waals surface area contributed by atoms with E-state index in [9.17, 15) is 9.59 Å². The molecular weight excluding hydrogens is 178 g/mol. The number of hydrogen-bond acceptors (Lipinski definition) is 3. The second-order valence-electron chi connectivity index (χ2n) is 2.34. The van der Waals surface area contributed by atoms with Crippen LogP contribution in [0.15, 0.2) is 11.5 Å². The van der Waals surface area contributed by atoms with Gasteiger partial charge in [0.05, 0.1) is 5.25 Å². The average Bonchev–Trinajstić information content (AvgIpc) is 2.51. The molecule has 0 bridgehead atoms. The number of rotatable bonds is 3. The zero-order chi connectivity index (χ0) is 8.97. The molecule has 4 nitrogen and oxygen atoms in total. The molecule has 12 heavy (non-hydrogen) atoms. The number of carboxylic acids is 1. The van der Waals surface area contributed by atoms with Crippen molar-refractivity contribution in [1.82, 2.24) is 5.32 Å². The van der Waals surface area contributed by atoms with Gasteiger partial charge in [0, 0.05) is 0 Å². The first kappa shape index (κ1) is 9.12. The summed E-state index contributed by atoms with van der Waals surface area (Å²) < 4.78 is 0. The number of amides is 1.